The highest BCUT2D eigenvalue weighted by Gasteiger charge is 2.13. The minimum Gasteiger partial charge on any atom is -0.487 e. The van der Waals surface area contributed by atoms with Gasteiger partial charge in [-0.05, 0) is 112 Å². The number of amides is 1. The van der Waals surface area contributed by atoms with Crippen molar-refractivity contribution in [2.45, 2.75) is 26.4 Å². The first-order chi connectivity index (χ1) is 16.0. The summed E-state index contributed by atoms with van der Waals surface area (Å²) < 4.78 is 8.06. The first-order valence-corrected chi connectivity index (χ1v) is 13.0. The van der Waals surface area contributed by atoms with E-state index in [-0.39, 0.29) is 5.91 Å². The summed E-state index contributed by atoms with van der Waals surface area (Å²) >= 11 is 4.54. The van der Waals surface area contributed by atoms with Gasteiger partial charge in [-0.15, -0.1) is 0 Å². The second-order valence-corrected chi connectivity index (χ2v) is 10.4. The molecule has 4 rings (SSSR count). The number of hydrazone groups is 1. The summed E-state index contributed by atoms with van der Waals surface area (Å²) in [5.41, 5.74) is 7.65. The molecule has 5 nitrogen and oxygen atoms in total. The second kappa shape index (κ2) is 11.3. The van der Waals surface area contributed by atoms with Crippen molar-refractivity contribution in [3.05, 3.63) is 90.1 Å². The standard InChI is InChI=1S/C26H25I2N3O2/c1-18-4-6-19(7-5-18)17-33-25-23(27)14-20(15-24(25)28)16-29-30-26(32)21-8-10-22(11-9-21)31-12-2-3-13-31/h4-11,14-16H,2-3,12-13,17H2,1H3,(H,30,32)/b29-16-. The fraction of sp³-hybridized carbons (Fsp3) is 0.231. The summed E-state index contributed by atoms with van der Waals surface area (Å²) in [6.07, 6.45) is 4.12. The third kappa shape index (κ3) is 6.47. The van der Waals surface area contributed by atoms with Crippen LogP contribution in [0.2, 0.25) is 0 Å². The van der Waals surface area contributed by atoms with Gasteiger partial charge in [0.1, 0.15) is 12.4 Å². The lowest BCUT2D eigenvalue weighted by Gasteiger charge is -2.17. The van der Waals surface area contributed by atoms with Crippen molar-refractivity contribution in [1.29, 1.82) is 0 Å². The molecule has 1 fully saturated rings. The molecule has 0 radical (unpaired) electrons. The van der Waals surface area contributed by atoms with Gasteiger partial charge < -0.3 is 9.64 Å². The number of halogens is 2. The van der Waals surface area contributed by atoms with Crippen LogP contribution in [-0.2, 0) is 6.61 Å². The average molecular weight is 665 g/mol. The Kier molecular flexibility index (Phi) is 8.24. The number of nitrogens with one attached hydrogen (secondary N) is 1. The molecule has 3 aromatic carbocycles. The van der Waals surface area contributed by atoms with Gasteiger partial charge in [0.2, 0.25) is 0 Å². The van der Waals surface area contributed by atoms with E-state index in [4.69, 9.17) is 4.74 Å². The minimum absolute atomic E-state index is 0.221. The van der Waals surface area contributed by atoms with Crippen LogP contribution in [0, 0.1) is 14.1 Å². The van der Waals surface area contributed by atoms with Crippen LogP contribution in [-0.4, -0.2) is 25.2 Å². The molecule has 0 aliphatic carbocycles. The van der Waals surface area contributed by atoms with Crippen LogP contribution >= 0.6 is 45.2 Å². The molecule has 170 valence electrons. The van der Waals surface area contributed by atoms with Gasteiger partial charge in [-0.3, -0.25) is 4.79 Å². The maximum Gasteiger partial charge on any atom is 0.271 e. The first-order valence-electron chi connectivity index (χ1n) is 10.9. The molecule has 1 heterocycles. The van der Waals surface area contributed by atoms with E-state index in [0.717, 1.165) is 37.1 Å². The molecular weight excluding hydrogens is 640 g/mol. The fourth-order valence-electron chi connectivity index (χ4n) is 3.66. The number of benzene rings is 3. The van der Waals surface area contributed by atoms with Crippen LogP contribution in [0.15, 0.2) is 65.8 Å². The summed E-state index contributed by atoms with van der Waals surface area (Å²) in [5, 5.41) is 4.15. The zero-order valence-corrected chi connectivity index (χ0v) is 22.7. The molecule has 0 spiro atoms. The lowest BCUT2D eigenvalue weighted by atomic mass is 10.2. The van der Waals surface area contributed by atoms with Crippen LogP contribution in [0.25, 0.3) is 0 Å². The van der Waals surface area contributed by atoms with Gasteiger partial charge >= 0.3 is 0 Å². The molecule has 1 aliphatic rings. The van der Waals surface area contributed by atoms with E-state index in [1.54, 1.807) is 6.21 Å². The lowest BCUT2D eigenvalue weighted by molar-refractivity contribution is 0.0955. The van der Waals surface area contributed by atoms with Crippen LogP contribution in [0.5, 0.6) is 5.75 Å². The highest BCUT2D eigenvalue weighted by molar-refractivity contribution is 14.1. The Hall–Kier alpha value is -2.14. The quantitative estimate of drug-likeness (QED) is 0.187. The van der Waals surface area contributed by atoms with Gasteiger partial charge in [0.15, 0.2) is 0 Å². The number of nitrogens with zero attached hydrogens (tertiary/aromatic N) is 2. The molecule has 33 heavy (non-hydrogen) atoms. The highest BCUT2D eigenvalue weighted by atomic mass is 127. The van der Waals surface area contributed by atoms with Crippen molar-refractivity contribution < 1.29 is 9.53 Å². The van der Waals surface area contributed by atoms with E-state index in [0.29, 0.717) is 12.2 Å². The predicted molar refractivity (Wildman–Crippen MR) is 150 cm³/mol. The Morgan fingerprint density at radius 1 is 1.03 bits per heavy atom. The number of aryl methyl sites for hydroxylation is 1. The third-order valence-electron chi connectivity index (χ3n) is 5.50. The number of anilines is 1. The Balaban J connectivity index is 1.34. The normalized spacial score (nSPS) is 13.5. The molecule has 1 aliphatic heterocycles. The summed E-state index contributed by atoms with van der Waals surface area (Å²) in [4.78, 5) is 14.8. The predicted octanol–water partition coefficient (Wildman–Crippen LogP) is 6.15. The van der Waals surface area contributed by atoms with Crippen LogP contribution < -0.4 is 15.1 Å². The summed E-state index contributed by atoms with van der Waals surface area (Å²) in [6, 6.07) is 20.0. The monoisotopic (exact) mass is 665 g/mol. The van der Waals surface area contributed by atoms with Crippen LogP contribution in [0.1, 0.15) is 39.9 Å². The van der Waals surface area contributed by atoms with Crippen molar-refractivity contribution in [3.8, 4) is 5.75 Å². The number of rotatable bonds is 7. The van der Waals surface area contributed by atoms with Crippen molar-refractivity contribution in [1.82, 2.24) is 5.43 Å². The minimum atomic E-state index is -0.221. The summed E-state index contributed by atoms with van der Waals surface area (Å²) in [5.74, 6) is 0.637. The molecule has 1 N–H and O–H groups in total. The molecule has 7 heteroatoms. The smallest absolute Gasteiger partial charge is 0.271 e. The number of ether oxygens (including phenoxy) is 1. The molecule has 0 atom stereocenters. The maximum absolute atomic E-state index is 12.4. The fourth-order valence-corrected chi connectivity index (χ4v) is 5.79. The topological polar surface area (TPSA) is 53.9 Å². The number of hydrogen-bond acceptors (Lipinski definition) is 4. The Labute approximate surface area is 221 Å². The zero-order valence-electron chi connectivity index (χ0n) is 18.4. The Bertz CT molecular complexity index is 1120. The van der Waals surface area contributed by atoms with E-state index in [2.05, 4.69) is 91.8 Å². The van der Waals surface area contributed by atoms with Crippen LogP contribution in [0.3, 0.4) is 0 Å². The highest BCUT2D eigenvalue weighted by Crippen LogP contribution is 2.29. The van der Waals surface area contributed by atoms with Gasteiger partial charge in [0, 0.05) is 24.3 Å². The Morgan fingerprint density at radius 3 is 2.30 bits per heavy atom. The van der Waals surface area contributed by atoms with E-state index in [9.17, 15) is 4.79 Å². The van der Waals surface area contributed by atoms with Crippen molar-refractivity contribution in [3.63, 3.8) is 0 Å². The molecule has 0 aromatic heterocycles. The third-order valence-corrected chi connectivity index (χ3v) is 7.11. The van der Waals surface area contributed by atoms with Gasteiger partial charge in [-0.25, -0.2) is 5.43 Å². The molecular formula is C26H25I2N3O2. The van der Waals surface area contributed by atoms with E-state index in [1.165, 1.54) is 24.1 Å². The van der Waals surface area contributed by atoms with Gasteiger partial charge in [-0.2, -0.15) is 5.10 Å². The lowest BCUT2D eigenvalue weighted by Crippen LogP contribution is -2.19. The Morgan fingerprint density at radius 2 is 1.67 bits per heavy atom. The van der Waals surface area contributed by atoms with E-state index < -0.39 is 0 Å². The molecule has 0 saturated carbocycles. The first kappa shape index (κ1) is 24.0. The van der Waals surface area contributed by atoms with Crippen LogP contribution in [0.4, 0.5) is 5.69 Å². The molecule has 3 aromatic rings. The van der Waals surface area contributed by atoms with Crippen molar-refractivity contribution in [2.24, 2.45) is 5.10 Å². The van der Waals surface area contributed by atoms with Crippen molar-refractivity contribution >= 4 is 63.0 Å². The second-order valence-electron chi connectivity index (χ2n) is 8.03. The maximum atomic E-state index is 12.4. The van der Waals surface area contributed by atoms with Crippen molar-refractivity contribution in [2.75, 3.05) is 18.0 Å². The molecule has 1 amide bonds. The average Bonchev–Trinajstić information content (AvgIpc) is 3.35. The number of carbonyl (C=O) groups excluding carboxylic acids is 1. The van der Waals surface area contributed by atoms with Gasteiger partial charge in [0.05, 0.1) is 13.4 Å². The van der Waals surface area contributed by atoms with Gasteiger partial charge in [-0.1, -0.05) is 29.8 Å². The van der Waals surface area contributed by atoms with Gasteiger partial charge in [0.25, 0.3) is 5.91 Å². The SMILES string of the molecule is Cc1ccc(COc2c(I)cc(/C=N\NC(=O)c3ccc(N4CCCC4)cc3)cc2I)cc1. The largest absolute Gasteiger partial charge is 0.487 e. The van der Waals surface area contributed by atoms with E-state index >= 15 is 0 Å². The zero-order chi connectivity index (χ0) is 23.2. The molecule has 1 saturated heterocycles. The molecule has 0 unspecified atom stereocenters. The van der Waals surface area contributed by atoms with E-state index in [1.807, 2.05) is 36.4 Å². The summed E-state index contributed by atoms with van der Waals surface area (Å²) in [6.45, 7) is 4.77. The number of carbonyl (C=O) groups is 1. The summed E-state index contributed by atoms with van der Waals surface area (Å²) in [7, 11) is 0. The number of hydrogen-bond donors (Lipinski definition) is 1. The molecule has 0 bridgehead atoms.